The maximum Gasteiger partial charge on any atom is 0.247 e. The average molecular weight is 568 g/mol. The number of nitrogens with zero attached hydrogens (tertiary/aromatic N) is 1. The van der Waals surface area contributed by atoms with Crippen molar-refractivity contribution >= 4 is 21.8 Å². The van der Waals surface area contributed by atoms with Crippen LogP contribution in [0, 0.1) is 5.82 Å². The van der Waals surface area contributed by atoms with E-state index >= 15 is 0 Å². The van der Waals surface area contributed by atoms with Gasteiger partial charge in [0.2, 0.25) is 21.8 Å². The quantitative estimate of drug-likeness (QED) is 0.249. The summed E-state index contributed by atoms with van der Waals surface area (Å²) in [6.07, 6.45) is 3.32. The molecule has 0 aliphatic carbocycles. The van der Waals surface area contributed by atoms with E-state index in [1.54, 1.807) is 36.1 Å². The van der Waals surface area contributed by atoms with Crippen molar-refractivity contribution in [3.05, 3.63) is 101 Å². The molecule has 9 heteroatoms. The van der Waals surface area contributed by atoms with Gasteiger partial charge < -0.3 is 10.2 Å². The van der Waals surface area contributed by atoms with Crippen molar-refractivity contribution in [1.29, 1.82) is 0 Å². The molecule has 0 saturated heterocycles. The van der Waals surface area contributed by atoms with Gasteiger partial charge in [-0.2, -0.15) is 0 Å². The van der Waals surface area contributed by atoms with E-state index in [2.05, 4.69) is 17.0 Å². The Morgan fingerprint density at radius 3 is 2.15 bits per heavy atom. The van der Waals surface area contributed by atoms with Crippen molar-refractivity contribution in [2.45, 2.75) is 63.4 Å². The zero-order chi connectivity index (χ0) is 29.0. The number of nitrogens with one attached hydrogen (secondary N) is 2. The topological polar surface area (TPSA) is 95.6 Å². The normalized spacial score (nSPS) is 12.1. The van der Waals surface area contributed by atoms with Crippen molar-refractivity contribution in [2.24, 2.45) is 0 Å². The minimum absolute atomic E-state index is 0.104. The number of unbranched alkanes of at least 4 members (excludes halogenated alkanes) is 2. The van der Waals surface area contributed by atoms with Gasteiger partial charge in [0.15, 0.2) is 0 Å². The second-order valence-corrected chi connectivity index (χ2v) is 11.4. The number of rotatable bonds is 15. The van der Waals surface area contributed by atoms with Gasteiger partial charge in [-0.05, 0) is 53.8 Å². The molecule has 0 unspecified atom stereocenters. The molecule has 1 atom stereocenters. The molecule has 0 saturated carbocycles. The Hall–Kier alpha value is -3.56. The number of hydrogen-bond acceptors (Lipinski definition) is 4. The fraction of sp³-hybridized carbons (Fsp3) is 0.355. The zero-order valence-corrected chi connectivity index (χ0v) is 23.9. The average Bonchev–Trinajstić information content (AvgIpc) is 2.95. The molecule has 0 heterocycles. The zero-order valence-electron chi connectivity index (χ0n) is 23.1. The number of halogens is 1. The fourth-order valence-corrected chi connectivity index (χ4v) is 5.45. The van der Waals surface area contributed by atoms with Gasteiger partial charge >= 0.3 is 0 Å². The summed E-state index contributed by atoms with van der Waals surface area (Å²) < 4.78 is 40.6. The molecule has 0 fully saturated rings. The van der Waals surface area contributed by atoms with E-state index in [0.29, 0.717) is 24.1 Å². The Labute approximate surface area is 236 Å². The summed E-state index contributed by atoms with van der Waals surface area (Å²) in [7, 11) is -3.57. The van der Waals surface area contributed by atoms with Crippen LogP contribution in [0.4, 0.5) is 4.39 Å². The Bertz CT molecular complexity index is 1330. The Balaban J connectivity index is 1.86. The van der Waals surface area contributed by atoms with E-state index in [0.717, 1.165) is 24.8 Å². The molecule has 7 nitrogen and oxygen atoms in total. The molecule has 0 spiro atoms. The second kappa shape index (κ2) is 15.3. The minimum Gasteiger partial charge on any atom is -0.354 e. The summed E-state index contributed by atoms with van der Waals surface area (Å²) in [5, 5.41) is 3.00. The first-order valence-corrected chi connectivity index (χ1v) is 15.2. The number of hydrogen-bond donors (Lipinski definition) is 2. The molecule has 0 radical (unpaired) electrons. The van der Waals surface area contributed by atoms with Gasteiger partial charge in [-0.15, -0.1) is 0 Å². The SMILES string of the molecule is CCCCCNC(=O)[C@@H](c1ccccc1)N(Cc1ccc(F)cc1)C(=O)CCc1ccc(S(=O)(=O)NCC)cc1. The molecule has 2 amide bonds. The molecule has 3 aromatic carbocycles. The number of benzene rings is 3. The number of aryl methyl sites for hydroxylation is 1. The van der Waals surface area contributed by atoms with E-state index in [1.165, 1.54) is 24.3 Å². The standard InChI is InChI=1S/C31H38FN3O4S/c1-3-5-9-22-33-31(37)30(26-10-7-6-8-11-26)35(23-25-12-17-27(32)18-13-25)29(36)21-16-24-14-19-28(20-15-24)40(38,39)34-4-2/h6-8,10-15,17-20,30,34H,3-5,9,16,21-23H2,1-2H3,(H,33,37)/t30-/m1/s1. The fourth-order valence-electron chi connectivity index (χ4n) is 4.40. The first-order valence-electron chi connectivity index (χ1n) is 13.7. The van der Waals surface area contributed by atoms with Gasteiger partial charge in [0.25, 0.3) is 0 Å². The monoisotopic (exact) mass is 567 g/mol. The van der Waals surface area contributed by atoms with E-state index in [4.69, 9.17) is 0 Å². The lowest BCUT2D eigenvalue weighted by molar-refractivity contribution is -0.141. The van der Waals surface area contributed by atoms with E-state index < -0.39 is 16.1 Å². The van der Waals surface area contributed by atoms with Crippen LogP contribution < -0.4 is 10.0 Å². The summed E-state index contributed by atoms with van der Waals surface area (Å²) in [5.74, 6) is -0.892. The molecular formula is C31H38FN3O4S. The highest BCUT2D eigenvalue weighted by Gasteiger charge is 2.31. The van der Waals surface area contributed by atoms with E-state index in [1.807, 2.05) is 30.3 Å². The van der Waals surface area contributed by atoms with Gasteiger partial charge in [-0.1, -0.05) is 81.3 Å². The summed E-state index contributed by atoms with van der Waals surface area (Å²) >= 11 is 0. The maximum absolute atomic E-state index is 13.8. The van der Waals surface area contributed by atoms with Crippen LogP contribution in [0.2, 0.25) is 0 Å². The molecule has 3 aromatic rings. The Morgan fingerprint density at radius 2 is 1.52 bits per heavy atom. The number of sulfonamides is 1. The van der Waals surface area contributed by atoms with Gasteiger partial charge in [-0.3, -0.25) is 9.59 Å². The van der Waals surface area contributed by atoms with Crippen molar-refractivity contribution < 1.29 is 22.4 Å². The van der Waals surface area contributed by atoms with Gasteiger partial charge in [-0.25, -0.2) is 17.5 Å². The molecule has 40 heavy (non-hydrogen) atoms. The largest absolute Gasteiger partial charge is 0.354 e. The lowest BCUT2D eigenvalue weighted by Gasteiger charge is -2.32. The molecule has 3 rings (SSSR count). The molecule has 2 N–H and O–H groups in total. The molecule has 0 aromatic heterocycles. The van der Waals surface area contributed by atoms with Crippen molar-refractivity contribution in [3.8, 4) is 0 Å². The number of amides is 2. The molecule has 0 aliphatic rings. The number of carbonyl (C=O) groups is 2. The van der Waals surface area contributed by atoms with Gasteiger partial charge in [0, 0.05) is 26.1 Å². The van der Waals surface area contributed by atoms with Crippen LogP contribution in [0.5, 0.6) is 0 Å². The summed E-state index contributed by atoms with van der Waals surface area (Å²) in [5.41, 5.74) is 2.18. The summed E-state index contributed by atoms with van der Waals surface area (Å²) in [6.45, 7) is 4.73. The van der Waals surface area contributed by atoms with E-state index in [9.17, 15) is 22.4 Å². The highest BCUT2D eigenvalue weighted by Crippen LogP contribution is 2.25. The van der Waals surface area contributed by atoms with Crippen LogP contribution in [-0.2, 0) is 32.6 Å². The first kappa shape index (κ1) is 31.0. The lowest BCUT2D eigenvalue weighted by Crippen LogP contribution is -2.43. The third kappa shape index (κ3) is 8.99. The van der Waals surface area contributed by atoms with E-state index in [-0.39, 0.29) is 42.0 Å². The van der Waals surface area contributed by atoms with Crippen LogP contribution in [0.15, 0.2) is 83.8 Å². The molecular weight excluding hydrogens is 529 g/mol. The Morgan fingerprint density at radius 1 is 0.875 bits per heavy atom. The minimum atomic E-state index is -3.57. The Kier molecular flexibility index (Phi) is 11.8. The predicted molar refractivity (Wildman–Crippen MR) is 154 cm³/mol. The third-order valence-corrected chi connectivity index (χ3v) is 8.10. The smallest absolute Gasteiger partial charge is 0.247 e. The van der Waals surface area contributed by atoms with Gasteiger partial charge in [0.1, 0.15) is 11.9 Å². The lowest BCUT2D eigenvalue weighted by atomic mass is 10.0. The van der Waals surface area contributed by atoms with Gasteiger partial charge in [0.05, 0.1) is 4.90 Å². The van der Waals surface area contributed by atoms with Crippen LogP contribution in [0.25, 0.3) is 0 Å². The first-order chi connectivity index (χ1) is 19.2. The second-order valence-electron chi connectivity index (χ2n) is 9.60. The van der Waals surface area contributed by atoms with Crippen LogP contribution in [-0.4, -0.2) is 38.2 Å². The molecule has 214 valence electrons. The number of carbonyl (C=O) groups excluding carboxylic acids is 2. The summed E-state index contributed by atoms with van der Waals surface area (Å²) in [4.78, 5) is 29.0. The van der Waals surface area contributed by atoms with Crippen LogP contribution >= 0.6 is 0 Å². The summed E-state index contributed by atoms with van der Waals surface area (Å²) in [6, 6.07) is 20.6. The third-order valence-electron chi connectivity index (χ3n) is 6.54. The van der Waals surface area contributed by atoms with Crippen molar-refractivity contribution in [2.75, 3.05) is 13.1 Å². The predicted octanol–water partition coefficient (Wildman–Crippen LogP) is 5.13. The highest BCUT2D eigenvalue weighted by molar-refractivity contribution is 7.89. The van der Waals surface area contributed by atoms with Crippen molar-refractivity contribution in [1.82, 2.24) is 14.9 Å². The van der Waals surface area contributed by atoms with Crippen LogP contribution in [0.1, 0.15) is 62.3 Å². The maximum atomic E-state index is 13.8. The van der Waals surface area contributed by atoms with Crippen molar-refractivity contribution in [3.63, 3.8) is 0 Å². The van der Waals surface area contributed by atoms with Crippen LogP contribution in [0.3, 0.4) is 0 Å². The molecule has 0 bridgehead atoms. The highest BCUT2D eigenvalue weighted by atomic mass is 32.2. The molecule has 0 aliphatic heterocycles.